The molecular weight excluding hydrogens is 572 g/mol. The zero-order chi connectivity index (χ0) is 28.7. The molecular formula is C34H25ClO4S2. The van der Waals surface area contributed by atoms with Crippen molar-refractivity contribution in [3.05, 3.63) is 179 Å². The second-order valence-corrected chi connectivity index (χ2v) is 12.1. The fourth-order valence-corrected chi connectivity index (χ4v) is 6.71. The summed E-state index contributed by atoms with van der Waals surface area (Å²) in [6, 6.07) is 42.9. The van der Waals surface area contributed by atoms with Crippen LogP contribution in [0.3, 0.4) is 0 Å². The molecule has 0 aliphatic carbocycles. The first-order valence-corrected chi connectivity index (χ1v) is 15.6. The smallest absolute Gasteiger partial charge is 0.166 e. The van der Waals surface area contributed by atoms with Gasteiger partial charge in [0, 0.05) is 44.9 Å². The van der Waals surface area contributed by atoms with E-state index in [9.17, 15) is 0 Å². The van der Waals surface area contributed by atoms with Crippen molar-refractivity contribution in [2.24, 2.45) is 0 Å². The number of hydrogen-bond acceptors (Lipinski definition) is 5. The number of hydrogen-bond donors (Lipinski definition) is 0. The average Bonchev–Trinajstić information content (AvgIpc) is 3.01. The number of allylic oxidation sites excluding steroid dienone is 6. The van der Waals surface area contributed by atoms with E-state index in [1.807, 2.05) is 11.8 Å². The molecule has 0 aromatic heterocycles. The van der Waals surface area contributed by atoms with Crippen molar-refractivity contribution in [1.82, 2.24) is 0 Å². The third kappa shape index (κ3) is 8.22. The van der Waals surface area contributed by atoms with Crippen LogP contribution in [0.5, 0.6) is 0 Å². The van der Waals surface area contributed by atoms with E-state index in [0.717, 1.165) is 0 Å². The third-order valence-electron chi connectivity index (χ3n) is 6.21. The van der Waals surface area contributed by atoms with Crippen LogP contribution >= 0.6 is 11.8 Å². The van der Waals surface area contributed by atoms with Gasteiger partial charge in [0.1, 0.15) is 0 Å². The van der Waals surface area contributed by atoms with Gasteiger partial charge in [0.2, 0.25) is 0 Å². The van der Waals surface area contributed by atoms with Crippen molar-refractivity contribution in [1.29, 1.82) is 0 Å². The van der Waals surface area contributed by atoms with Crippen molar-refractivity contribution in [2.75, 3.05) is 0 Å². The minimum absolute atomic E-state index is 1.23. The Bertz CT molecular complexity index is 1400. The minimum Gasteiger partial charge on any atom is -0.222 e. The molecule has 0 fully saturated rings. The van der Waals surface area contributed by atoms with E-state index in [0.29, 0.717) is 0 Å². The Hall–Kier alpha value is -3.59. The summed E-state index contributed by atoms with van der Waals surface area (Å²) in [6.07, 6.45) is 9.43. The number of benzene rings is 4. The molecule has 4 nitrogen and oxygen atoms in total. The van der Waals surface area contributed by atoms with Gasteiger partial charge in [-0.1, -0.05) is 109 Å². The maximum atomic E-state index is 8.49. The molecule has 0 saturated carbocycles. The first-order valence-electron chi connectivity index (χ1n) is 12.7. The Morgan fingerprint density at radius 1 is 0.415 bits per heavy atom. The molecule has 7 heteroatoms. The molecule has 0 saturated heterocycles. The molecule has 0 bridgehead atoms. The van der Waals surface area contributed by atoms with Crippen molar-refractivity contribution >= 4 is 43.1 Å². The molecule has 0 amide bonds. The van der Waals surface area contributed by atoms with E-state index in [2.05, 4.69) is 146 Å². The Labute approximate surface area is 250 Å². The lowest BCUT2D eigenvalue weighted by Gasteiger charge is -2.19. The average molecular weight is 597 g/mol. The largest absolute Gasteiger partial charge is 0.222 e. The van der Waals surface area contributed by atoms with Gasteiger partial charge in [-0.25, -0.2) is 18.6 Å². The van der Waals surface area contributed by atoms with Gasteiger partial charge in [-0.3, -0.25) is 0 Å². The lowest BCUT2D eigenvalue weighted by molar-refractivity contribution is -2.00. The molecule has 6 rings (SSSR count). The van der Waals surface area contributed by atoms with Gasteiger partial charge in [0.15, 0.2) is 9.81 Å². The number of thiol groups is 1. The lowest BCUT2D eigenvalue weighted by atomic mass is 10.00. The summed E-state index contributed by atoms with van der Waals surface area (Å²) in [5.74, 6) is 0. The molecule has 0 unspecified atom stereocenters. The number of halogens is 1. The molecule has 204 valence electrons. The SMILES string of the molecule is C1=C(c2ccccc2)SC(c2ccccc2)=CC1=C1C=C(c2ccccc2)[SH+]C(c2ccccc2)=C1.[O-][Cl+3]([O-])([O-])[O-]. The number of rotatable bonds is 4. The number of thioether (sulfide) groups is 1. The van der Waals surface area contributed by atoms with Crippen molar-refractivity contribution in [2.45, 2.75) is 0 Å². The van der Waals surface area contributed by atoms with Gasteiger partial charge in [-0.15, -0.1) is 10.2 Å². The summed E-state index contributed by atoms with van der Waals surface area (Å²) in [7, 11) is -4.94. The first-order chi connectivity index (χ1) is 19.8. The highest BCUT2D eigenvalue weighted by atomic mass is 35.7. The quantitative estimate of drug-likeness (QED) is 0.259. The maximum absolute atomic E-state index is 8.49. The summed E-state index contributed by atoms with van der Waals surface area (Å²) in [5.41, 5.74) is 7.51. The molecule has 0 N–H and O–H groups in total. The highest BCUT2D eigenvalue weighted by Gasteiger charge is 2.25. The van der Waals surface area contributed by atoms with Crippen LogP contribution in [0.1, 0.15) is 22.3 Å². The van der Waals surface area contributed by atoms with E-state index >= 15 is 0 Å². The lowest BCUT2D eigenvalue weighted by Crippen LogP contribution is -2.68. The van der Waals surface area contributed by atoms with Crippen molar-refractivity contribution < 1.29 is 28.9 Å². The molecule has 0 atom stereocenters. The third-order valence-corrected chi connectivity index (χ3v) is 8.61. The van der Waals surface area contributed by atoms with Crippen LogP contribution in [0.2, 0.25) is 0 Å². The Kier molecular flexibility index (Phi) is 9.44. The molecule has 2 aliphatic rings. The van der Waals surface area contributed by atoms with Crippen LogP contribution < -0.4 is 18.6 Å². The van der Waals surface area contributed by atoms with Crippen LogP contribution in [0, 0.1) is 10.2 Å². The van der Waals surface area contributed by atoms with Crippen LogP contribution in [0.25, 0.3) is 19.6 Å². The van der Waals surface area contributed by atoms with Crippen LogP contribution in [-0.2, 0) is 11.8 Å². The molecule has 2 aliphatic heterocycles. The summed E-state index contributed by atoms with van der Waals surface area (Å²) in [5, 5.41) is 0. The van der Waals surface area contributed by atoms with Gasteiger partial charge < -0.3 is 0 Å². The summed E-state index contributed by atoms with van der Waals surface area (Å²) < 4.78 is 34.0. The van der Waals surface area contributed by atoms with E-state index in [-0.39, 0.29) is 0 Å². The van der Waals surface area contributed by atoms with Gasteiger partial charge in [0.05, 0.1) is 0 Å². The molecule has 41 heavy (non-hydrogen) atoms. The van der Waals surface area contributed by atoms with E-state index in [1.54, 1.807) is 0 Å². The predicted octanol–water partition coefficient (Wildman–Crippen LogP) is 4.27. The first kappa shape index (κ1) is 28.9. The Morgan fingerprint density at radius 2 is 0.707 bits per heavy atom. The molecule has 4 aromatic rings. The van der Waals surface area contributed by atoms with Gasteiger partial charge >= 0.3 is 0 Å². The topological polar surface area (TPSA) is 92.2 Å². The fraction of sp³-hybridized carbons (Fsp3) is 0. The molecule has 4 aromatic carbocycles. The zero-order valence-electron chi connectivity index (χ0n) is 21.7. The van der Waals surface area contributed by atoms with Crippen molar-refractivity contribution in [3.8, 4) is 0 Å². The normalized spacial score (nSPS) is 15.1. The fourth-order valence-electron chi connectivity index (χ4n) is 4.37. The van der Waals surface area contributed by atoms with Crippen molar-refractivity contribution in [3.63, 3.8) is 0 Å². The van der Waals surface area contributed by atoms with Gasteiger partial charge in [0.25, 0.3) is 0 Å². The molecule has 0 spiro atoms. The second kappa shape index (κ2) is 13.4. The van der Waals surface area contributed by atoms with E-state index in [4.69, 9.17) is 18.6 Å². The van der Waals surface area contributed by atoms with E-state index in [1.165, 1.54) is 64.8 Å². The van der Waals surface area contributed by atoms with Crippen LogP contribution in [-0.4, -0.2) is 0 Å². The molecule has 2 heterocycles. The highest BCUT2D eigenvalue weighted by Crippen LogP contribution is 2.45. The summed E-state index contributed by atoms with van der Waals surface area (Å²) >= 11 is 3.07. The standard InChI is InChI=1S/C34H24S2.ClHO4/c1-5-13-25(14-6-1)31-21-29(22-32(35-31)26-15-7-2-8-16-26)30-23-33(27-17-9-3-10-18-27)36-34(24-30)28-19-11-4-12-20-28;2-1(3,4)5/h1-24H;(H,2,3,4,5). The summed E-state index contributed by atoms with van der Waals surface area (Å²) in [6.45, 7) is 0. The molecule has 0 radical (unpaired) electrons. The summed E-state index contributed by atoms with van der Waals surface area (Å²) in [4.78, 5) is 5.18. The zero-order valence-corrected chi connectivity index (χ0v) is 24.2. The van der Waals surface area contributed by atoms with Gasteiger partial charge in [-0.05, 0) is 58.7 Å². The minimum atomic E-state index is -4.94. The second-order valence-electron chi connectivity index (χ2n) is 9.04. The highest BCUT2D eigenvalue weighted by molar-refractivity contribution is 8.16. The monoisotopic (exact) mass is 596 g/mol. The van der Waals surface area contributed by atoms with E-state index < -0.39 is 10.2 Å². The predicted molar refractivity (Wildman–Crippen MR) is 161 cm³/mol. The van der Waals surface area contributed by atoms with Crippen LogP contribution in [0.15, 0.2) is 157 Å². The Morgan fingerprint density at radius 3 is 1.05 bits per heavy atom. The van der Waals surface area contributed by atoms with Crippen LogP contribution in [0.4, 0.5) is 0 Å². The Balaban J connectivity index is 0.000000623. The maximum Gasteiger partial charge on any atom is 0.166 e. The van der Waals surface area contributed by atoms with Gasteiger partial charge in [-0.2, -0.15) is 0 Å².